The Labute approximate surface area is 120 Å². The van der Waals surface area contributed by atoms with Crippen LogP contribution >= 0.6 is 15.9 Å². The van der Waals surface area contributed by atoms with Crippen LogP contribution in [0.25, 0.3) is 10.9 Å². The van der Waals surface area contributed by atoms with E-state index in [1.807, 2.05) is 24.3 Å². The van der Waals surface area contributed by atoms with E-state index in [0.29, 0.717) is 13.1 Å². The van der Waals surface area contributed by atoms with Gasteiger partial charge in [-0.05, 0) is 24.6 Å². The van der Waals surface area contributed by atoms with Gasteiger partial charge in [0.25, 0.3) is 0 Å². The predicted molar refractivity (Wildman–Crippen MR) is 78.9 cm³/mol. The molecule has 0 fully saturated rings. The summed E-state index contributed by atoms with van der Waals surface area (Å²) < 4.78 is 1.02. The standard InChI is InChI=1S/C14H17BrN2O2/c1-14(19,9-18)8-16-7-10-4-5-12(15)11-3-2-6-17-13(10)11/h2-6,16,18-19H,7-9H2,1H3. The fraction of sp³-hybridized carbons (Fsp3) is 0.357. The lowest BCUT2D eigenvalue weighted by molar-refractivity contribution is 0.00255. The van der Waals surface area contributed by atoms with Crippen molar-refractivity contribution >= 4 is 26.8 Å². The van der Waals surface area contributed by atoms with E-state index in [0.717, 1.165) is 20.9 Å². The Bertz CT molecular complexity index is 572. The molecule has 1 heterocycles. The minimum atomic E-state index is -1.10. The van der Waals surface area contributed by atoms with Crippen LogP contribution in [-0.4, -0.2) is 33.9 Å². The summed E-state index contributed by atoms with van der Waals surface area (Å²) in [7, 11) is 0. The number of fused-ring (bicyclic) bond motifs is 1. The third kappa shape index (κ3) is 3.51. The topological polar surface area (TPSA) is 65.4 Å². The van der Waals surface area contributed by atoms with Crippen LogP contribution in [0.15, 0.2) is 34.9 Å². The molecular weight excluding hydrogens is 308 g/mol. The first-order chi connectivity index (χ1) is 9.03. The fourth-order valence-electron chi connectivity index (χ4n) is 1.86. The van der Waals surface area contributed by atoms with Gasteiger partial charge in [0.1, 0.15) is 0 Å². The monoisotopic (exact) mass is 324 g/mol. The average molecular weight is 325 g/mol. The molecule has 2 aromatic rings. The number of rotatable bonds is 5. The maximum Gasteiger partial charge on any atom is 0.0972 e. The van der Waals surface area contributed by atoms with Crippen molar-refractivity contribution in [3.63, 3.8) is 0 Å². The Kier molecular flexibility index (Phi) is 4.52. The van der Waals surface area contributed by atoms with Gasteiger partial charge in [0.15, 0.2) is 0 Å². The van der Waals surface area contributed by atoms with Gasteiger partial charge >= 0.3 is 0 Å². The zero-order chi connectivity index (χ0) is 13.9. The van der Waals surface area contributed by atoms with Gasteiger partial charge in [-0.3, -0.25) is 4.98 Å². The van der Waals surface area contributed by atoms with Crippen molar-refractivity contribution in [1.82, 2.24) is 10.3 Å². The first kappa shape index (κ1) is 14.4. The lowest BCUT2D eigenvalue weighted by Gasteiger charge is -2.20. The van der Waals surface area contributed by atoms with Crippen LogP contribution in [0.5, 0.6) is 0 Å². The number of hydrogen-bond donors (Lipinski definition) is 3. The molecule has 4 nitrogen and oxygen atoms in total. The number of hydrogen-bond acceptors (Lipinski definition) is 4. The van der Waals surface area contributed by atoms with Gasteiger partial charge in [-0.15, -0.1) is 0 Å². The molecule has 0 spiro atoms. The van der Waals surface area contributed by atoms with Gasteiger partial charge in [0, 0.05) is 29.1 Å². The van der Waals surface area contributed by atoms with Crippen LogP contribution in [0.1, 0.15) is 12.5 Å². The zero-order valence-corrected chi connectivity index (χ0v) is 12.3. The molecular formula is C14H17BrN2O2. The number of aliphatic hydroxyl groups excluding tert-OH is 1. The van der Waals surface area contributed by atoms with Crippen molar-refractivity contribution in [2.75, 3.05) is 13.2 Å². The third-order valence-electron chi connectivity index (χ3n) is 2.96. The van der Waals surface area contributed by atoms with Crippen molar-refractivity contribution in [3.05, 3.63) is 40.5 Å². The lowest BCUT2D eigenvalue weighted by Crippen LogP contribution is -2.40. The highest BCUT2D eigenvalue weighted by atomic mass is 79.9. The van der Waals surface area contributed by atoms with E-state index in [4.69, 9.17) is 5.11 Å². The minimum absolute atomic E-state index is 0.265. The van der Waals surface area contributed by atoms with Crippen molar-refractivity contribution in [2.45, 2.75) is 19.1 Å². The van der Waals surface area contributed by atoms with Crippen LogP contribution in [0.3, 0.4) is 0 Å². The summed E-state index contributed by atoms with van der Waals surface area (Å²) in [6, 6.07) is 7.91. The van der Waals surface area contributed by atoms with Gasteiger partial charge in [0.05, 0.1) is 17.7 Å². The molecule has 0 aliphatic heterocycles. The van der Waals surface area contributed by atoms with Crippen LogP contribution in [0.2, 0.25) is 0 Å². The molecule has 0 saturated carbocycles. The third-order valence-corrected chi connectivity index (χ3v) is 3.65. The van der Waals surface area contributed by atoms with Crippen molar-refractivity contribution in [2.24, 2.45) is 0 Å². The van der Waals surface area contributed by atoms with Gasteiger partial charge < -0.3 is 15.5 Å². The maximum atomic E-state index is 9.72. The summed E-state index contributed by atoms with van der Waals surface area (Å²) in [5.74, 6) is 0. The molecule has 0 radical (unpaired) electrons. The number of aliphatic hydroxyl groups is 2. The first-order valence-corrected chi connectivity index (χ1v) is 6.89. The fourth-order valence-corrected chi connectivity index (χ4v) is 2.31. The molecule has 0 amide bonds. The molecule has 0 aliphatic rings. The van der Waals surface area contributed by atoms with E-state index < -0.39 is 5.60 Å². The van der Waals surface area contributed by atoms with Crippen LogP contribution in [0, 0.1) is 0 Å². The van der Waals surface area contributed by atoms with Gasteiger partial charge in [-0.25, -0.2) is 0 Å². The second kappa shape index (κ2) is 5.96. The molecule has 1 aromatic heterocycles. The summed E-state index contributed by atoms with van der Waals surface area (Å²) in [4.78, 5) is 4.40. The van der Waals surface area contributed by atoms with Crippen LogP contribution in [0.4, 0.5) is 0 Å². The Morgan fingerprint density at radius 2 is 2.16 bits per heavy atom. The van der Waals surface area contributed by atoms with E-state index in [-0.39, 0.29) is 6.61 Å². The summed E-state index contributed by atoms with van der Waals surface area (Å²) in [6.07, 6.45) is 1.77. The molecule has 102 valence electrons. The lowest BCUT2D eigenvalue weighted by atomic mass is 10.1. The van der Waals surface area contributed by atoms with Gasteiger partial charge in [-0.1, -0.05) is 28.1 Å². The maximum absolute atomic E-state index is 9.72. The molecule has 0 bridgehead atoms. The highest BCUT2D eigenvalue weighted by molar-refractivity contribution is 9.10. The smallest absolute Gasteiger partial charge is 0.0972 e. The van der Waals surface area contributed by atoms with Crippen molar-refractivity contribution < 1.29 is 10.2 Å². The Morgan fingerprint density at radius 3 is 2.89 bits per heavy atom. The summed E-state index contributed by atoms with van der Waals surface area (Å²) >= 11 is 3.51. The van der Waals surface area contributed by atoms with Gasteiger partial charge in [0.2, 0.25) is 0 Å². The molecule has 0 aliphatic carbocycles. The number of halogens is 1. The largest absolute Gasteiger partial charge is 0.393 e. The van der Waals surface area contributed by atoms with E-state index in [2.05, 4.69) is 26.2 Å². The van der Waals surface area contributed by atoms with Crippen molar-refractivity contribution in [3.8, 4) is 0 Å². The van der Waals surface area contributed by atoms with E-state index >= 15 is 0 Å². The first-order valence-electron chi connectivity index (χ1n) is 6.09. The Morgan fingerprint density at radius 1 is 1.37 bits per heavy atom. The molecule has 1 unspecified atom stereocenters. The summed E-state index contributed by atoms with van der Waals surface area (Å²) in [6.45, 7) is 2.25. The molecule has 19 heavy (non-hydrogen) atoms. The number of benzene rings is 1. The van der Waals surface area contributed by atoms with E-state index in [9.17, 15) is 5.11 Å². The second-order valence-electron chi connectivity index (χ2n) is 4.86. The number of aromatic nitrogens is 1. The molecule has 3 N–H and O–H groups in total. The second-order valence-corrected chi connectivity index (χ2v) is 5.72. The summed E-state index contributed by atoms with van der Waals surface area (Å²) in [5, 5.41) is 22.9. The quantitative estimate of drug-likeness (QED) is 0.785. The number of pyridine rings is 1. The minimum Gasteiger partial charge on any atom is -0.393 e. The van der Waals surface area contributed by atoms with Crippen molar-refractivity contribution in [1.29, 1.82) is 0 Å². The zero-order valence-electron chi connectivity index (χ0n) is 10.7. The number of nitrogens with zero attached hydrogens (tertiary/aromatic N) is 1. The predicted octanol–water partition coefficient (Wildman–Crippen LogP) is 1.83. The van der Waals surface area contributed by atoms with E-state index in [1.54, 1.807) is 13.1 Å². The molecule has 5 heteroatoms. The molecule has 0 saturated heterocycles. The van der Waals surface area contributed by atoms with Crippen LogP contribution in [-0.2, 0) is 6.54 Å². The Hall–Kier alpha value is -1.01. The molecule has 1 atom stereocenters. The average Bonchev–Trinajstić information content (AvgIpc) is 2.42. The van der Waals surface area contributed by atoms with Crippen LogP contribution < -0.4 is 5.32 Å². The van der Waals surface area contributed by atoms with E-state index in [1.165, 1.54) is 0 Å². The molecule has 1 aromatic carbocycles. The highest BCUT2D eigenvalue weighted by Crippen LogP contribution is 2.25. The Balaban J connectivity index is 2.16. The van der Waals surface area contributed by atoms with Gasteiger partial charge in [-0.2, -0.15) is 0 Å². The summed E-state index contributed by atoms with van der Waals surface area (Å²) in [5.41, 5.74) is 0.902. The number of nitrogens with one attached hydrogen (secondary N) is 1. The molecule has 2 rings (SSSR count). The SMILES string of the molecule is CC(O)(CO)CNCc1ccc(Br)c2cccnc12. The normalized spacial score (nSPS) is 14.5. The highest BCUT2D eigenvalue weighted by Gasteiger charge is 2.18.